The molecule has 1 fully saturated rings. The molecule has 2 rings (SSSR count). The second kappa shape index (κ2) is 6.22. The highest BCUT2D eigenvalue weighted by Crippen LogP contribution is 2.27. The second-order valence-corrected chi connectivity index (χ2v) is 5.63. The summed E-state index contributed by atoms with van der Waals surface area (Å²) < 4.78 is 0. The Hall–Kier alpha value is -1.62. The van der Waals surface area contributed by atoms with Crippen LogP contribution in [0.15, 0.2) is 18.3 Å². The van der Waals surface area contributed by atoms with E-state index in [4.69, 9.17) is 11.5 Å². The third kappa shape index (κ3) is 3.10. The zero-order valence-electron chi connectivity index (χ0n) is 12.2. The molecule has 5 heteroatoms. The predicted molar refractivity (Wildman–Crippen MR) is 80.2 cm³/mol. The number of pyridine rings is 1. The SMILES string of the molecule is CC[C@@H](N)c1ccc(N2CC(C(N)=O)CCC2C)cn1. The average molecular weight is 276 g/mol. The smallest absolute Gasteiger partial charge is 0.222 e. The summed E-state index contributed by atoms with van der Waals surface area (Å²) in [5.41, 5.74) is 13.4. The van der Waals surface area contributed by atoms with Crippen molar-refractivity contribution in [3.05, 3.63) is 24.0 Å². The molecule has 1 saturated heterocycles. The van der Waals surface area contributed by atoms with Gasteiger partial charge in [-0.05, 0) is 38.3 Å². The molecule has 3 atom stereocenters. The van der Waals surface area contributed by atoms with Gasteiger partial charge in [0.1, 0.15) is 0 Å². The van der Waals surface area contributed by atoms with Gasteiger partial charge in [-0.15, -0.1) is 0 Å². The number of nitrogens with two attached hydrogens (primary N) is 2. The minimum absolute atomic E-state index is 0.0128. The number of carbonyl (C=O) groups is 1. The van der Waals surface area contributed by atoms with Gasteiger partial charge in [-0.25, -0.2) is 0 Å². The molecule has 0 aromatic carbocycles. The topological polar surface area (TPSA) is 85.2 Å². The van der Waals surface area contributed by atoms with Gasteiger partial charge >= 0.3 is 0 Å². The van der Waals surface area contributed by atoms with Crippen LogP contribution < -0.4 is 16.4 Å². The third-order valence-electron chi connectivity index (χ3n) is 4.21. The minimum atomic E-state index is -0.209. The van der Waals surface area contributed by atoms with Crippen LogP contribution in [-0.2, 0) is 4.79 Å². The molecule has 0 saturated carbocycles. The van der Waals surface area contributed by atoms with Gasteiger partial charge in [0.25, 0.3) is 0 Å². The van der Waals surface area contributed by atoms with E-state index >= 15 is 0 Å². The highest BCUT2D eigenvalue weighted by molar-refractivity contribution is 5.77. The van der Waals surface area contributed by atoms with Gasteiger partial charge in [-0.2, -0.15) is 0 Å². The van der Waals surface area contributed by atoms with Crippen molar-refractivity contribution in [3.8, 4) is 0 Å². The second-order valence-electron chi connectivity index (χ2n) is 5.63. The molecular weight excluding hydrogens is 252 g/mol. The molecule has 0 radical (unpaired) electrons. The predicted octanol–water partition coefficient (Wildman–Crippen LogP) is 1.58. The molecule has 1 amide bonds. The van der Waals surface area contributed by atoms with Crippen LogP contribution in [0.5, 0.6) is 0 Å². The number of primary amides is 1. The molecule has 110 valence electrons. The van der Waals surface area contributed by atoms with Gasteiger partial charge in [0.15, 0.2) is 0 Å². The van der Waals surface area contributed by atoms with E-state index in [2.05, 4.69) is 16.8 Å². The van der Waals surface area contributed by atoms with E-state index in [0.717, 1.165) is 30.6 Å². The van der Waals surface area contributed by atoms with Crippen LogP contribution in [-0.4, -0.2) is 23.5 Å². The molecule has 0 bridgehead atoms. The molecule has 4 N–H and O–H groups in total. The lowest BCUT2D eigenvalue weighted by Gasteiger charge is -2.38. The fourth-order valence-corrected chi connectivity index (χ4v) is 2.69. The zero-order valence-corrected chi connectivity index (χ0v) is 12.2. The van der Waals surface area contributed by atoms with Crippen molar-refractivity contribution in [1.29, 1.82) is 0 Å². The lowest BCUT2D eigenvalue weighted by molar-refractivity contribution is -0.122. The zero-order chi connectivity index (χ0) is 14.7. The first-order valence-electron chi connectivity index (χ1n) is 7.30. The molecular formula is C15H24N4O. The van der Waals surface area contributed by atoms with Crippen LogP contribution in [0.1, 0.15) is 44.8 Å². The first kappa shape index (κ1) is 14.8. The lowest BCUT2D eigenvalue weighted by atomic mass is 9.92. The van der Waals surface area contributed by atoms with Gasteiger partial charge in [0.2, 0.25) is 5.91 Å². The minimum Gasteiger partial charge on any atom is -0.369 e. The lowest BCUT2D eigenvalue weighted by Crippen LogP contribution is -2.46. The van der Waals surface area contributed by atoms with E-state index in [9.17, 15) is 4.79 Å². The van der Waals surface area contributed by atoms with E-state index in [-0.39, 0.29) is 17.9 Å². The quantitative estimate of drug-likeness (QED) is 0.874. The number of rotatable bonds is 4. The fourth-order valence-electron chi connectivity index (χ4n) is 2.69. The van der Waals surface area contributed by atoms with Crippen molar-refractivity contribution in [2.45, 2.75) is 45.2 Å². The summed E-state index contributed by atoms with van der Waals surface area (Å²) in [4.78, 5) is 18.0. The van der Waals surface area contributed by atoms with Crippen molar-refractivity contribution in [3.63, 3.8) is 0 Å². The Morgan fingerprint density at radius 1 is 1.50 bits per heavy atom. The number of amides is 1. The van der Waals surface area contributed by atoms with Crippen LogP contribution >= 0.6 is 0 Å². The number of carbonyl (C=O) groups excluding carboxylic acids is 1. The normalized spacial score (nSPS) is 24.4. The number of piperidine rings is 1. The Morgan fingerprint density at radius 3 is 2.80 bits per heavy atom. The maximum Gasteiger partial charge on any atom is 0.222 e. The van der Waals surface area contributed by atoms with Crippen LogP contribution in [0.25, 0.3) is 0 Å². The molecule has 2 heterocycles. The standard InChI is InChI=1S/C15H24N4O/c1-3-13(16)14-7-6-12(8-18-14)19-9-11(15(17)20)5-4-10(19)2/h6-8,10-11,13H,3-5,9,16H2,1-2H3,(H2,17,20)/t10?,11?,13-/m1/s1. The monoisotopic (exact) mass is 276 g/mol. The Kier molecular flexibility index (Phi) is 4.60. The van der Waals surface area contributed by atoms with Crippen molar-refractivity contribution in [2.75, 3.05) is 11.4 Å². The van der Waals surface area contributed by atoms with E-state index in [1.165, 1.54) is 0 Å². The number of aromatic nitrogens is 1. The number of nitrogens with zero attached hydrogens (tertiary/aromatic N) is 2. The van der Waals surface area contributed by atoms with E-state index in [1.807, 2.05) is 25.3 Å². The number of anilines is 1. The largest absolute Gasteiger partial charge is 0.369 e. The Labute approximate surface area is 120 Å². The van der Waals surface area contributed by atoms with Crippen molar-refractivity contribution >= 4 is 11.6 Å². The molecule has 1 aromatic heterocycles. The summed E-state index contributed by atoms with van der Waals surface area (Å²) in [7, 11) is 0. The van der Waals surface area contributed by atoms with Gasteiger partial charge < -0.3 is 16.4 Å². The van der Waals surface area contributed by atoms with Crippen molar-refractivity contribution < 1.29 is 4.79 Å². The Balaban J connectivity index is 2.14. The van der Waals surface area contributed by atoms with Gasteiger partial charge in [0.05, 0.1) is 23.5 Å². The molecule has 1 aliphatic heterocycles. The van der Waals surface area contributed by atoms with Gasteiger partial charge in [0, 0.05) is 18.6 Å². The van der Waals surface area contributed by atoms with Crippen LogP contribution in [0, 0.1) is 5.92 Å². The maximum atomic E-state index is 11.4. The highest BCUT2D eigenvalue weighted by Gasteiger charge is 2.28. The molecule has 1 aromatic rings. The highest BCUT2D eigenvalue weighted by atomic mass is 16.1. The summed E-state index contributed by atoms with van der Waals surface area (Å²) in [5, 5.41) is 0. The third-order valence-corrected chi connectivity index (χ3v) is 4.21. The van der Waals surface area contributed by atoms with Crippen LogP contribution in [0.4, 0.5) is 5.69 Å². The first-order valence-corrected chi connectivity index (χ1v) is 7.30. The van der Waals surface area contributed by atoms with E-state index < -0.39 is 0 Å². The van der Waals surface area contributed by atoms with Gasteiger partial charge in [-0.1, -0.05) is 6.92 Å². The Morgan fingerprint density at radius 2 is 2.25 bits per heavy atom. The van der Waals surface area contributed by atoms with Crippen LogP contribution in [0.2, 0.25) is 0 Å². The molecule has 5 nitrogen and oxygen atoms in total. The first-order chi connectivity index (χ1) is 9.52. The summed E-state index contributed by atoms with van der Waals surface area (Å²) >= 11 is 0. The number of hydrogen-bond acceptors (Lipinski definition) is 4. The fraction of sp³-hybridized carbons (Fsp3) is 0.600. The van der Waals surface area contributed by atoms with Crippen molar-refractivity contribution in [2.24, 2.45) is 17.4 Å². The average Bonchev–Trinajstić information content (AvgIpc) is 2.47. The van der Waals surface area contributed by atoms with E-state index in [1.54, 1.807) is 0 Å². The van der Waals surface area contributed by atoms with Crippen LogP contribution in [0.3, 0.4) is 0 Å². The van der Waals surface area contributed by atoms with Gasteiger partial charge in [-0.3, -0.25) is 9.78 Å². The summed E-state index contributed by atoms with van der Waals surface area (Å²) in [5.74, 6) is -0.275. The summed E-state index contributed by atoms with van der Waals surface area (Å²) in [6.45, 7) is 4.89. The molecule has 2 unspecified atom stereocenters. The van der Waals surface area contributed by atoms with Crippen molar-refractivity contribution in [1.82, 2.24) is 4.98 Å². The molecule has 1 aliphatic rings. The maximum absolute atomic E-state index is 11.4. The van der Waals surface area contributed by atoms with E-state index in [0.29, 0.717) is 12.6 Å². The summed E-state index contributed by atoms with van der Waals surface area (Å²) in [6, 6.07) is 4.40. The Bertz CT molecular complexity index is 459. The molecule has 20 heavy (non-hydrogen) atoms. The molecule has 0 aliphatic carbocycles. The number of hydrogen-bond donors (Lipinski definition) is 2. The summed E-state index contributed by atoms with van der Waals surface area (Å²) in [6.07, 6.45) is 4.57. The molecule has 0 spiro atoms.